The Morgan fingerprint density at radius 2 is 0.298 bits per heavy atom. The third-order valence-corrected chi connectivity index (χ3v) is 20.0. The molecule has 0 spiro atoms. The van der Waals surface area contributed by atoms with Crippen molar-refractivity contribution < 1.29 is 30.6 Å². The van der Waals surface area contributed by atoms with Gasteiger partial charge >= 0.3 is 0 Å². The molecule has 0 aliphatic rings. The summed E-state index contributed by atoms with van der Waals surface area (Å²) < 4.78 is 0. The van der Waals surface area contributed by atoms with E-state index in [-0.39, 0.29) is 12.8 Å². The van der Waals surface area contributed by atoms with E-state index in [2.05, 4.69) is 27.7 Å². The molecule has 0 fully saturated rings. The lowest BCUT2D eigenvalue weighted by atomic mass is 9.73. The second-order valence-corrected chi connectivity index (χ2v) is 28.2. The van der Waals surface area contributed by atoms with Gasteiger partial charge in [0.15, 0.2) is 0 Å². The molecule has 0 heterocycles. The van der Waals surface area contributed by atoms with Crippen molar-refractivity contribution in [3.8, 4) is 0 Å². The van der Waals surface area contributed by atoms with Crippen molar-refractivity contribution in [1.82, 2.24) is 0 Å². The molecule has 0 aromatic heterocycles. The molecule has 0 saturated heterocycles. The second-order valence-electron chi connectivity index (χ2n) is 28.2. The van der Waals surface area contributed by atoms with E-state index in [1.54, 1.807) is 0 Å². The van der Waals surface area contributed by atoms with Crippen molar-refractivity contribution in [2.75, 3.05) is 0 Å². The van der Waals surface area contributed by atoms with Gasteiger partial charge in [0.2, 0.25) is 0 Å². The number of aliphatic hydroxyl groups excluding tert-OH is 4. The Labute approximate surface area is 528 Å². The minimum atomic E-state index is -1.98. The Balaban J connectivity index is 5.53. The molecule has 0 rings (SSSR count). The molecule has 0 aliphatic carbocycles. The zero-order valence-electron chi connectivity index (χ0n) is 58.1. The monoisotopic (exact) mass is 1190 g/mol. The molecule has 84 heavy (non-hydrogen) atoms. The van der Waals surface area contributed by atoms with E-state index >= 15 is 0 Å². The average molecular weight is 1190 g/mol. The largest absolute Gasteiger partial charge is 0.390 e. The van der Waals surface area contributed by atoms with E-state index in [1.165, 1.54) is 321 Å². The van der Waals surface area contributed by atoms with E-state index in [1.807, 2.05) is 0 Å². The first kappa shape index (κ1) is 83.8. The summed E-state index contributed by atoms with van der Waals surface area (Å²) >= 11 is 0. The predicted octanol–water partition coefficient (Wildman–Crippen LogP) is 24.5. The Morgan fingerprint density at radius 3 is 0.440 bits per heavy atom. The quantitative estimate of drug-likeness (QED) is 0.0338. The summed E-state index contributed by atoms with van der Waals surface area (Å²) in [7, 11) is 0. The predicted molar refractivity (Wildman–Crippen MR) is 371 cm³/mol. The molecular formula is C78H158O6. The topological polar surface area (TPSA) is 121 Å². The van der Waals surface area contributed by atoms with Crippen LogP contribution in [0.2, 0.25) is 0 Å². The lowest BCUT2D eigenvalue weighted by Gasteiger charge is -2.46. The summed E-state index contributed by atoms with van der Waals surface area (Å²) in [5, 5.41) is 73.6. The maximum atomic E-state index is 12.6. The van der Waals surface area contributed by atoms with Gasteiger partial charge in [0.25, 0.3) is 0 Å². The first-order valence-corrected chi connectivity index (χ1v) is 39.3. The Hall–Kier alpha value is -0.240. The normalized spacial score (nSPS) is 14.9. The zero-order chi connectivity index (χ0) is 61.4. The maximum absolute atomic E-state index is 12.6. The van der Waals surface area contributed by atoms with Crippen molar-refractivity contribution in [2.24, 2.45) is 0 Å². The van der Waals surface area contributed by atoms with E-state index in [0.29, 0.717) is 25.7 Å². The van der Waals surface area contributed by atoms with Crippen LogP contribution in [0.3, 0.4) is 0 Å². The molecule has 0 bridgehead atoms. The standard InChI is InChI=1S/C78H158O6/c1-5-9-13-17-21-25-29-33-37-41-45-49-53-57-61-65-69-73(79)77(83,71-67-63-59-55-51-47-43-39-35-31-27-23-19-15-11-7-3)75(81)76(82)78(84,72-68-64-60-56-52-48-44-40-36-32-28-24-20-16-12-8-4)74(80)70-66-62-58-54-50-46-42-38-34-30-26-22-18-14-10-6-2/h73-76,79-84H,5-72H2,1-4H3/t73?,74?,75-,76-,77+,78+/m0/s1. The smallest absolute Gasteiger partial charge is 0.119 e. The molecule has 0 radical (unpaired) electrons. The van der Waals surface area contributed by atoms with Crippen molar-refractivity contribution in [2.45, 2.75) is 500 Å². The van der Waals surface area contributed by atoms with Crippen LogP contribution in [0.1, 0.15) is 464 Å². The highest BCUT2D eigenvalue weighted by Gasteiger charge is 2.53. The van der Waals surface area contributed by atoms with Crippen LogP contribution in [0.5, 0.6) is 0 Å². The average Bonchev–Trinajstić information content (AvgIpc) is 2.49. The molecular weight excluding hydrogens is 1030 g/mol. The van der Waals surface area contributed by atoms with Crippen LogP contribution in [-0.2, 0) is 0 Å². The van der Waals surface area contributed by atoms with Crippen LogP contribution in [-0.4, -0.2) is 66.3 Å². The fourth-order valence-electron chi connectivity index (χ4n) is 13.8. The third-order valence-electron chi connectivity index (χ3n) is 20.0. The van der Waals surface area contributed by atoms with Crippen LogP contribution in [0.25, 0.3) is 0 Å². The molecule has 0 amide bonds. The lowest BCUT2D eigenvalue weighted by molar-refractivity contribution is -0.238. The summed E-state index contributed by atoms with van der Waals surface area (Å²) in [6.07, 6.45) is 75.0. The molecule has 0 aromatic carbocycles. The Bertz CT molecular complexity index is 1140. The fourth-order valence-corrected chi connectivity index (χ4v) is 13.8. The number of aliphatic hydroxyl groups is 6. The van der Waals surface area contributed by atoms with Gasteiger partial charge in [0.1, 0.15) is 23.4 Å². The van der Waals surface area contributed by atoms with Crippen LogP contribution in [0.4, 0.5) is 0 Å². The van der Waals surface area contributed by atoms with Gasteiger partial charge in [-0.25, -0.2) is 0 Å². The molecule has 6 heteroatoms. The lowest BCUT2D eigenvalue weighted by Crippen LogP contribution is -2.65. The summed E-state index contributed by atoms with van der Waals surface area (Å²) in [6.45, 7) is 9.14. The molecule has 6 N–H and O–H groups in total. The first-order chi connectivity index (χ1) is 41.1. The van der Waals surface area contributed by atoms with Gasteiger partial charge in [-0.05, 0) is 25.7 Å². The molecule has 0 aromatic rings. The highest BCUT2D eigenvalue weighted by atomic mass is 16.4. The molecule has 0 saturated carbocycles. The van der Waals surface area contributed by atoms with Gasteiger partial charge in [-0.2, -0.15) is 0 Å². The molecule has 0 aliphatic heterocycles. The van der Waals surface area contributed by atoms with Gasteiger partial charge in [-0.1, -0.05) is 439 Å². The van der Waals surface area contributed by atoms with E-state index < -0.39 is 35.6 Å². The number of rotatable bonds is 73. The number of hydrogen-bond donors (Lipinski definition) is 6. The Kier molecular flexibility index (Phi) is 65.5. The second kappa shape index (κ2) is 65.7. The maximum Gasteiger partial charge on any atom is 0.119 e. The van der Waals surface area contributed by atoms with Crippen LogP contribution in [0, 0.1) is 0 Å². The van der Waals surface area contributed by atoms with Gasteiger partial charge < -0.3 is 30.6 Å². The molecule has 6 atom stereocenters. The molecule has 6 nitrogen and oxygen atoms in total. The van der Waals surface area contributed by atoms with Gasteiger partial charge in [0.05, 0.1) is 12.2 Å². The summed E-state index contributed by atoms with van der Waals surface area (Å²) in [5.41, 5.74) is -3.97. The van der Waals surface area contributed by atoms with Crippen molar-refractivity contribution >= 4 is 0 Å². The Morgan fingerprint density at radius 1 is 0.179 bits per heavy atom. The van der Waals surface area contributed by atoms with Crippen LogP contribution in [0.15, 0.2) is 0 Å². The van der Waals surface area contributed by atoms with E-state index in [0.717, 1.165) is 77.0 Å². The van der Waals surface area contributed by atoms with Crippen molar-refractivity contribution in [3.05, 3.63) is 0 Å². The van der Waals surface area contributed by atoms with Gasteiger partial charge in [0, 0.05) is 0 Å². The van der Waals surface area contributed by atoms with E-state index in [9.17, 15) is 30.6 Å². The van der Waals surface area contributed by atoms with Crippen molar-refractivity contribution in [3.63, 3.8) is 0 Å². The third kappa shape index (κ3) is 51.5. The first-order valence-electron chi connectivity index (χ1n) is 39.3. The SMILES string of the molecule is CCCCCCCCCCCCCCCCCCC(O)[C@](O)(CCCCCCCCCCCCCCCCCC)[C@@H](O)[C@H](O)[C@@](O)(CCCCCCCCCCCCCCCCCC)C(O)CCCCCCCCCCCCCCCCCC. The van der Waals surface area contributed by atoms with Crippen LogP contribution >= 0.6 is 0 Å². The summed E-state index contributed by atoms with van der Waals surface area (Å²) in [5.74, 6) is 0. The highest BCUT2D eigenvalue weighted by Crippen LogP contribution is 2.37. The zero-order valence-corrected chi connectivity index (χ0v) is 58.1. The molecule has 2 unspecified atom stereocenters. The van der Waals surface area contributed by atoms with Crippen molar-refractivity contribution in [1.29, 1.82) is 0 Å². The van der Waals surface area contributed by atoms with E-state index in [4.69, 9.17) is 0 Å². The minimum Gasteiger partial charge on any atom is -0.390 e. The summed E-state index contributed by atoms with van der Waals surface area (Å²) in [4.78, 5) is 0. The fraction of sp³-hybridized carbons (Fsp3) is 1.00. The number of hydrogen-bond acceptors (Lipinski definition) is 6. The molecule has 506 valence electrons. The number of unbranched alkanes of at least 4 members (excludes halogenated alkanes) is 60. The van der Waals surface area contributed by atoms with Crippen LogP contribution < -0.4 is 0 Å². The van der Waals surface area contributed by atoms with Gasteiger partial charge in [-0.3, -0.25) is 0 Å². The van der Waals surface area contributed by atoms with Gasteiger partial charge in [-0.15, -0.1) is 0 Å². The highest BCUT2D eigenvalue weighted by molar-refractivity contribution is 5.05. The minimum absolute atomic E-state index is 0.161. The summed E-state index contributed by atoms with van der Waals surface area (Å²) in [6, 6.07) is 0.